The molecule has 2 rings (SSSR count). The van der Waals surface area contributed by atoms with E-state index in [1.54, 1.807) is 11.3 Å². The Bertz CT molecular complexity index is 533. The van der Waals surface area contributed by atoms with Crippen LogP contribution in [0.3, 0.4) is 0 Å². The van der Waals surface area contributed by atoms with Crippen molar-refractivity contribution in [3.8, 4) is 0 Å². The zero-order valence-electron chi connectivity index (χ0n) is 11.0. The summed E-state index contributed by atoms with van der Waals surface area (Å²) in [5.41, 5.74) is 4.12. The standard InChI is InChI=1S/C15H18BrNS/c1-4-17-15(13-8-9-14(16)18-13)12-7-5-6-10(2)11(12)3/h5-9,15,17H,4H2,1-3H3. The third kappa shape index (κ3) is 2.85. The fraction of sp³-hybridized carbons (Fsp3) is 0.333. The Morgan fingerprint density at radius 1 is 1.22 bits per heavy atom. The highest BCUT2D eigenvalue weighted by Crippen LogP contribution is 2.33. The lowest BCUT2D eigenvalue weighted by molar-refractivity contribution is 0.636. The van der Waals surface area contributed by atoms with Crippen LogP contribution in [-0.4, -0.2) is 6.54 Å². The first-order chi connectivity index (χ1) is 8.63. The second kappa shape index (κ2) is 6.00. The number of rotatable bonds is 4. The number of benzene rings is 1. The Balaban J connectivity index is 2.44. The summed E-state index contributed by atoms with van der Waals surface area (Å²) in [6.07, 6.45) is 0. The monoisotopic (exact) mass is 323 g/mol. The molecule has 1 unspecified atom stereocenters. The van der Waals surface area contributed by atoms with Crippen LogP contribution < -0.4 is 5.32 Å². The van der Waals surface area contributed by atoms with E-state index < -0.39 is 0 Å². The maximum Gasteiger partial charge on any atom is 0.0702 e. The van der Waals surface area contributed by atoms with Crippen LogP contribution in [0.2, 0.25) is 0 Å². The van der Waals surface area contributed by atoms with Crippen molar-refractivity contribution in [2.75, 3.05) is 6.54 Å². The maximum absolute atomic E-state index is 3.59. The van der Waals surface area contributed by atoms with Crippen molar-refractivity contribution in [2.45, 2.75) is 26.8 Å². The normalized spacial score (nSPS) is 12.7. The number of nitrogens with one attached hydrogen (secondary N) is 1. The van der Waals surface area contributed by atoms with Crippen LogP contribution in [0.1, 0.15) is 34.5 Å². The van der Waals surface area contributed by atoms with Gasteiger partial charge in [-0.3, -0.25) is 0 Å². The van der Waals surface area contributed by atoms with E-state index in [1.807, 2.05) is 0 Å². The Labute approximate surface area is 121 Å². The molecule has 0 amide bonds. The highest BCUT2D eigenvalue weighted by Gasteiger charge is 2.17. The third-order valence-corrected chi connectivity index (χ3v) is 4.93. The van der Waals surface area contributed by atoms with E-state index in [0.717, 1.165) is 6.54 Å². The molecule has 0 saturated carbocycles. The molecule has 0 fully saturated rings. The molecule has 0 aliphatic heterocycles. The van der Waals surface area contributed by atoms with Gasteiger partial charge in [-0.1, -0.05) is 25.1 Å². The largest absolute Gasteiger partial charge is 0.306 e. The minimum absolute atomic E-state index is 0.297. The number of aryl methyl sites for hydroxylation is 1. The van der Waals surface area contributed by atoms with Gasteiger partial charge >= 0.3 is 0 Å². The molecular formula is C15H18BrNS. The molecule has 0 radical (unpaired) electrons. The second-order valence-electron chi connectivity index (χ2n) is 4.42. The lowest BCUT2D eigenvalue weighted by Gasteiger charge is -2.20. The van der Waals surface area contributed by atoms with Gasteiger partial charge in [0.05, 0.1) is 9.83 Å². The van der Waals surface area contributed by atoms with Crippen molar-refractivity contribution in [1.82, 2.24) is 5.32 Å². The summed E-state index contributed by atoms with van der Waals surface area (Å²) < 4.78 is 1.19. The molecule has 2 aromatic rings. The molecule has 1 atom stereocenters. The van der Waals surface area contributed by atoms with Crippen molar-refractivity contribution >= 4 is 27.3 Å². The van der Waals surface area contributed by atoms with Gasteiger partial charge in [0.1, 0.15) is 0 Å². The van der Waals surface area contributed by atoms with Gasteiger partial charge in [0.25, 0.3) is 0 Å². The molecule has 0 saturated heterocycles. The molecule has 1 N–H and O–H groups in total. The molecule has 1 nitrogen and oxygen atoms in total. The summed E-state index contributed by atoms with van der Waals surface area (Å²) in [5.74, 6) is 0. The Morgan fingerprint density at radius 2 is 2.00 bits per heavy atom. The summed E-state index contributed by atoms with van der Waals surface area (Å²) >= 11 is 5.35. The molecule has 18 heavy (non-hydrogen) atoms. The molecule has 3 heteroatoms. The van der Waals surface area contributed by atoms with Gasteiger partial charge in [-0.05, 0) is 65.1 Å². The first-order valence-electron chi connectivity index (χ1n) is 6.18. The van der Waals surface area contributed by atoms with E-state index in [2.05, 4.69) is 72.3 Å². The highest BCUT2D eigenvalue weighted by atomic mass is 79.9. The molecule has 96 valence electrons. The van der Waals surface area contributed by atoms with Crippen molar-refractivity contribution in [1.29, 1.82) is 0 Å². The Morgan fingerprint density at radius 3 is 2.61 bits per heavy atom. The van der Waals surface area contributed by atoms with E-state index in [4.69, 9.17) is 0 Å². The van der Waals surface area contributed by atoms with Crippen LogP contribution in [0.4, 0.5) is 0 Å². The first-order valence-corrected chi connectivity index (χ1v) is 7.79. The fourth-order valence-corrected chi connectivity index (χ4v) is 3.66. The molecular weight excluding hydrogens is 306 g/mol. The summed E-state index contributed by atoms with van der Waals surface area (Å²) in [5, 5.41) is 3.59. The molecule has 1 heterocycles. The maximum atomic E-state index is 3.59. The quantitative estimate of drug-likeness (QED) is 0.850. The van der Waals surface area contributed by atoms with Crippen molar-refractivity contribution in [2.24, 2.45) is 0 Å². The van der Waals surface area contributed by atoms with E-state index >= 15 is 0 Å². The predicted molar refractivity (Wildman–Crippen MR) is 83.5 cm³/mol. The van der Waals surface area contributed by atoms with Gasteiger partial charge in [-0.25, -0.2) is 0 Å². The van der Waals surface area contributed by atoms with E-state index in [9.17, 15) is 0 Å². The van der Waals surface area contributed by atoms with Crippen LogP contribution in [0, 0.1) is 13.8 Å². The first kappa shape index (κ1) is 13.8. The van der Waals surface area contributed by atoms with Crippen molar-refractivity contribution in [3.63, 3.8) is 0 Å². The Hall–Kier alpha value is -0.640. The lowest BCUT2D eigenvalue weighted by atomic mass is 9.96. The fourth-order valence-electron chi connectivity index (χ4n) is 2.14. The van der Waals surface area contributed by atoms with Gasteiger partial charge in [-0.15, -0.1) is 11.3 Å². The summed E-state index contributed by atoms with van der Waals surface area (Å²) in [7, 11) is 0. The lowest BCUT2D eigenvalue weighted by Crippen LogP contribution is -2.22. The molecule has 1 aromatic carbocycles. The number of thiophene rings is 1. The zero-order chi connectivity index (χ0) is 13.1. The Kier molecular flexibility index (Phi) is 4.60. The summed E-state index contributed by atoms with van der Waals surface area (Å²) in [6.45, 7) is 7.50. The van der Waals surface area contributed by atoms with Gasteiger partial charge in [0.2, 0.25) is 0 Å². The van der Waals surface area contributed by atoms with Crippen LogP contribution in [0.15, 0.2) is 34.1 Å². The highest BCUT2D eigenvalue weighted by molar-refractivity contribution is 9.11. The predicted octanol–water partition coefficient (Wildman–Crippen LogP) is 4.83. The third-order valence-electron chi connectivity index (χ3n) is 3.24. The van der Waals surface area contributed by atoms with Gasteiger partial charge in [0.15, 0.2) is 0 Å². The van der Waals surface area contributed by atoms with Gasteiger partial charge in [0, 0.05) is 4.88 Å². The van der Waals surface area contributed by atoms with E-state index in [0.29, 0.717) is 6.04 Å². The van der Waals surface area contributed by atoms with Crippen LogP contribution in [-0.2, 0) is 0 Å². The van der Waals surface area contributed by atoms with Crippen LogP contribution in [0.5, 0.6) is 0 Å². The van der Waals surface area contributed by atoms with Gasteiger partial charge < -0.3 is 5.32 Å². The van der Waals surface area contributed by atoms with Gasteiger partial charge in [-0.2, -0.15) is 0 Å². The number of hydrogen-bond acceptors (Lipinski definition) is 2. The zero-order valence-corrected chi connectivity index (χ0v) is 13.4. The van der Waals surface area contributed by atoms with Crippen molar-refractivity contribution < 1.29 is 0 Å². The van der Waals surface area contributed by atoms with Crippen LogP contribution >= 0.6 is 27.3 Å². The summed E-state index contributed by atoms with van der Waals surface area (Å²) in [6, 6.07) is 11.2. The molecule has 1 aromatic heterocycles. The molecule has 0 spiro atoms. The molecule has 0 aliphatic carbocycles. The summed E-state index contributed by atoms with van der Waals surface area (Å²) in [4.78, 5) is 1.36. The number of hydrogen-bond donors (Lipinski definition) is 1. The SMILES string of the molecule is CCNC(c1ccc(Br)s1)c1cccc(C)c1C. The smallest absolute Gasteiger partial charge is 0.0702 e. The minimum atomic E-state index is 0.297. The minimum Gasteiger partial charge on any atom is -0.306 e. The van der Waals surface area contributed by atoms with E-state index in [1.165, 1.54) is 25.4 Å². The van der Waals surface area contributed by atoms with E-state index in [-0.39, 0.29) is 0 Å². The van der Waals surface area contributed by atoms with Crippen molar-refractivity contribution in [3.05, 3.63) is 55.7 Å². The van der Waals surface area contributed by atoms with Crippen LogP contribution in [0.25, 0.3) is 0 Å². The number of halogens is 1. The average Bonchev–Trinajstić information content (AvgIpc) is 2.77. The molecule has 0 aliphatic rings. The second-order valence-corrected chi connectivity index (χ2v) is 6.92. The molecule has 0 bridgehead atoms. The topological polar surface area (TPSA) is 12.0 Å². The average molecular weight is 324 g/mol.